The van der Waals surface area contributed by atoms with Crippen molar-refractivity contribution >= 4 is 23.2 Å². The maximum Gasteiger partial charge on any atom is 0.144 e. The molecular formula is C19H15Cl2NO. The summed E-state index contributed by atoms with van der Waals surface area (Å²) in [6, 6.07) is 19.2. The molecule has 116 valence electrons. The van der Waals surface area contributed by atoms with Crippen molar-refractivity contribution in [2.75, 3.05) is 7.11 Å². The maximum atomic E-state index is 6.05. The lowest BCUT2D eigenvalue weighted by molar-refractivity contribution is 0.0582. The number of pyridine rings is 1. The maximum absolute atomic E-state index is 6.05. The summed E-state index contributed by atoms with van der Waals surface area (Å²) in [5.74, 6) is 0. The molecule has 0 atom stereocenters. The number of rotatable bonds is 4. The second kappa shape index (κ2) is 6.71. The molecule has 0 fully saturated rings. The van der Waals surface area contributed by atoms with Crippen molar-refractivity contribution in [3.63, 3.8) is 0 Å². The van der Waals surface area contributed by atoms with Gasteiger partial charge in [0.1, 0.15) is 5.60 Å². The minimum absolute atomic E-state index is 0.682. The van der Waals surface area contributed by atoms with Gasteiger partial charge in [0.05, 0.1) is 0 Å². The minimum Gasteiger partial charge on any atom is -0.364 e. The molecule has 1 heterocycles. The fourth-order valence-corrected chi connectivity index (χ4v) is 3.05. The van der Waals surface area contributed by atoms with Crippen LogP contribution in [0.15, 0.2) is 73.1 Å². The van der Waals surface area contributed by atoms with Gasteiger partial charge in [0, 0.05) is 35.1 Å². The van der Waals surface area contributed by atoms with E-state index in [1.807, 2.05) is 66.9 Å². The Morgan fingerprint density at radius 3 is 1.70 bits per heavy atom. The van der Waals surface area contributed by atoms with Crippen molar-refractivity contribution < 1.29 is 4.74 Å². The van der Waals surface area contributed by atoms with E-state index in [2.05, 4.69) is 4.98 Å². The third-order valence-corrected chi connectivity index (χ3v) is 4.38. The Morgan fingerprint density at radius 2 is 1.30 bits per heavy atom. The highest BCUT2D eigenvalue weighted by Gasteiger charge is 2.36. The van der Waals surface area contributed by atoms with E-state index >= 15 is 0 Å². The van der Waals surface area contributed by atoms with Crippen molar-refractivity contribution in [1.82, 2.24) is 4.98 Å². The summed E-state index contributed by atoms with van der Waals surface area (Å²) in [7, 11) is 1.69. The van der Waals surface area contributed by atoms with Crippen molar-refractivity contribution in [1.29, 1.82) is 0 Å². The van der Waals surface area contributed by atoms with Crippen LogP contribution in [0.4, 0.5) is 0 Å². The van der Waals surface area contributed by atoms with Crippen LogP contribution in [0.1, 0.15) is 16.7 Å². The Labute approximate surface area is 145 Å². The molecule has 2 nitrogen and oxygen atoms in total. The Kier molecular flexibility index (Phi) is 4.67. The third-order valence-electron chi connectivity index (χ3n) is 3.88. The number of halogens is 2. The fraction of sp³-hybridized carbons (Fsp3) is 0.105. The van der Waals surface area contributed by atoms with Crippen LogP contribution in [0.25, 0.3) is 0 Å². The van der Waals surface area contributed by atoms with Crippen LogP contribution < -0.4 is 0 Å². The lowest BCUT2D eigenvalue weighted by atomic mass is 9.81. The van der Waals surface area contributed by atoms with E-state index in [0.29, 0.717) is 10.0 Å². The van der Waals surface area contributed by atoms with Gasteiger partial charge in [-0.1, -0.05) is 53.5 Å². The Bertz CT molecular complexity index is 725. The van der Waals surface area contributed by atoms with Gasteiger partial charge in [-0.3, -0.25) is 4.98 Å². The molecule has 0 N–H and O–H groups in total. The Morgan fingerprint density at radius 1 is 0.783 bits per heavy atom. The number of hydrogen-bond acceptors (Lipinski definition) is 2. The summed E-state index contributed by atoms with van der Waals surface area (Å²) in [6.07, 6.45) is 3.56. The van der Waals surface area contributed by atoms with Crippen molar-refractivity contribution in [2.24, 2.45) is 0 Å². The van der Waals surface area contributed by atoms with Crippen LogP contribution in [0.2, 0.25) is 10.0 Å². The number of ether oxygens (including phenoxy) is 1. The molecule has 3 rings (SSSR count). The molecule has 4 heteroatoms. The molecule has 23 heavy (non-hydrogen) atoms. The zero-order valence-electron chi connectivity index (χ0n) is 12.5. The lowest BCUT2D eigenvalue weighted by Crippen LogP contribution is -2.31. The lowest BCUT2D eigenvalue weighted by Gasteiger charge is -2.34. The Hall–Kier alpha value is -1.87. The van der Waals surface area contributed by atoms with Crippen LogP contribution in [-0.2, 0) is 10.3 Å². The molecular weight excluding hydrogens is 329 g/mol. The Balaban J connectivity index is 2.27. The first-order valence-electron chi connectivity index (χ1n) is 7.14. The van der Waals surface area contributed by atoms with Crippen LogP contribution in [0.5, 0.6) is 0 Å². The van der Waals surface area contributed by atoms with E-state index in [9.17, 15) is 0 Å². The first kappa shape index (κ1) is 16.0. The standard InChI is InChI=1S/C19H15Cl2NO/c1-23-19(16-3-2-12-22-13-16,14-4-8-17(20)9-5-14)15-6-10-18(21)11-7-15/h2-13H,1H3. The van der Waals surface area contributed by atoms with Crippen LogP contribution in [-0.4, -0.2) is 12.1 Å². The summed E-state index contributed by atoms with van der Waals surface area (Å²) < 4.78 is 6.05. The smallest absolute Gasteiger partial charge is 0.144 e. The molecule has 0 amide bonds. The van der Waals surface area contributed by atoms with E-state index in [-0.39, 0.29) is 0 Å². The van der Waals surface area contributed by atoms with Gasteiger partial charge < -0.3 is 4.74 Å². The number of aromatic nitrogens is 1. The highest BCUT2D eigenvalue weighted by molar-refractivity contribution is 6.30. The second-order valence-electron chi connectivity index (χ2n) is 5.14. The highest BCUT2D eigenvalue weighted by atomic mass is 35.5. The predicted octanol–water partition coefficient (Wildman–Crippen LogP) is 5.33. The molecule has 0 radical (unpaired) electrons. The topological polar surface area (TPSA) is 22.1 Å². The van der Waals surface area contributed by atoms with E-state index in [4.69, 9.17) is 27.9 Å². The summed E-state index contributed by atoms with van der Waals surface area (Å²) in [5.41, 5.74) is 2.11. The molecule has 2 aromatic carbocycles. The minimum atomic E-state index is -0.774. The zero-order valence-corrected chi connectivity index (χ0v) is 14.1. The second-order valence-corrected chi connectivity index (χ2v) is 6.01. The van der Waals surface area contributed by atoms with E-state index in [0.717, 1.165) is 16.7 Å². The first-order valence-corrected chi connectivity index (χ1v) is 7.90. The van der Waals surface area contributed by atoms with Crippen LogP contribution in [0, 0.1) is 0 Å². The molecule has 1 aromatic heterocycles. The molecule has 0 bridgehead atoms. The van der Waals surface area contributed by atoms with E-state index < -0.39 is 5.60 Å². The number of benzene rings is 2. The quantitative estimate of drug-likeness (QED) is 0.638. The number of nitrogens with zero attached hydrogens (tertiary/aromatic N) is 1. The summed E-state index contributed by atoms with van der Waals surface area (Å²) in [4.78, 5) is 4.25. The molecule has 0 saturated carbocycles. The SMILES string of the molecule is COC(c1ccc(Cl)cc1)(c1ccc(Cl)cc1)c1cccnc1. The van der Waals surface area contributed by atoms with Crippen molar-refractivity contribution in [3.05, 3.63) is 99.8 Å². The summed E-state index contributed by atoms with van der Waals surface area (Å²) in [5, 5.41) is 1.36. The van der Waals surface area contributed by atoms with Crippen LogP contribution >= 0.6 is 23.2 Å². The first-order chi connectivity index (χ1) is 11.2. The van der Waals surface area contributed by atoms with Gasteiger partial charge in [-0.05, 0) is 41.5 Å². The molecule has 0 saturated heterocycles. The zero-order chi connectivity index (χ0) is 16.3. The predicted molar refractivity (Wildman–Crippen MR) is 94.0 cm³/mol. The van der Waals surface area contributed by atoms with Gasteiger partial charge in [-0.25, -0.2) is 0 Å². The fourth-order valence-electron chi connectivity index (χ4n) is 2.79. The molecule has 0 aliphatic carbocycles. The molecule has 3 aromatic rings. The van der Waals surface area contributed by atoms with Crippen molar-refractivity contribution in [3.8, 4) is 0 Å². The molecule has 0 spiro atoms. The van der Waals surface area contributed by atoms with Gasteiger partial charge in [0.15, 0.2) is 0 Å². The van der Waals surface area contributed by atoms with Crippen molar-refractivity contribution in [2.45, 2.75) is 5.60 Å². The van der Waals surface area contributed by atoms with Gasteiger partial charge >= 0.3 is 0 Å². The highest BCUT2D eigenvalue weighted by Crippen LogP contribution is 2.40. The van der Waals surface area contributed by atoms with Crippen LogP contribution in [0.3, 0.4) is 0 Å². The summed E-state index contributed by atoms with van der Waals surface area (Å²) >= 11 is 12.1. The molecule has 0 aliphatic heterocycles. The average Bonchev–Trinajstić information content (AvgIpc) is 2.60. The largest absolute Gasteiger partial charge is 0.364 e. The third kappa shape index (κ3) is 2.98. The molecule has 0 unspecified atom stereocenters. The average molecular weight is 344 g/mol. The summed E-state index contributed by atoms with van der Waals surface area (Å²) in [6.45, 7) is 0. The van der Waals surface area contributed by atoms with Gasteiger partial charge in [0.2, 0.25) is 0 Å². The van der Waals surface area contributed by atoms with E-state index in [1.54, 1.807) is 13.3 Å². The normalized spacial score (nSPS) is 11.4. The number of methoxy groups -OCH3 is 1. The van der Waals surface area contributed by atoms with E-state index in [1.165, 1.54) is 0 Å². The monoisotopic (exact) mass is 343 g/mol. The number of hydrogen-bond donors (Lipinski definition) is 0. The van der Waals surface area contributed by atoms with Gasteiger partial charge in [0.25, 0.3) is 0 Å². The molecule has 0 aliphatic rings. The van der Waals surface area contributed by atoms with Gasteiger partial charge in [-0.2, -0.15) is 0 Å². The van der Waals surface area contributed by atoms with Gasteiger partial charge in [-0.15, -0.1) is 0 Å².